The molecule has 40 heavy (non-hydrogen) atoms. The monoisotopic (exact) mass is 551 g/mol. The Hall–Kier alpha value is -4.13. The van der Waals surface area contributed by atoms with Crippen LogP contribution in [0.4, 0.5) is 4.39 Å². The van der Waals surface area contributed by atoms with E-state index in [0.717, 1.165) is 47.4 Å². The minimum Gasteiger partial charge on any atom is -0.497 e. The number of hydrogen-bond donors (Lipinski definition) is 1. The number of methoxy groups -OCH3 is 1. The molecule has 1 atom stereocenters. The van der Waals surface area contributed by atoms with E-state index in [1.807, 2.05) is 52.0 Å². The minimum absolute atomic E-state index is 0.142. The minimum atomic E-state index is -1.50. The zero-order chi connectivity index (χ0) is 30.1. The molecule has 0 aliphatic heterocycles. The third-order valence-corrected chi connectivity index (χ3v) is 5.64. The second-order valence-corrected chi connectivity index (χ2v) is 8.80. The molecule has 0 radical (unpaired) electrons. The highest BCUT2D eigenvalue weighted by Crippen LogP contribution is 2.24. The van der Waals surface area contributed by atoms with Gasteiger partial charge in [-0.05, 0) is 63.4 Å². The van der Waals surface area contributed by atoms with Crippen molar-refractivity contribution in [1.29, 1.82) is 0 Å². The van der Waals surface area contributed by atoms with E-state index in [4.69, 9.17) is 13.9 Å². The van der Waals surface area contributed by atoms with Crippen LogP contribution in [0.1, 0.15) is 63.9 Å². The molecule has 0 fully saturated rings. The van der Waals surface area contributed by atoms with Gasteiger partial charge in [0.05, 0.1) is 12.8 Å². The lowest BCUT2D eigenvalue weighted by Gasteiger charge is -2.26. The number of ether oxygens (including phenoxy) is 2. The molecule has 0 aliphatic carbocycles. The number of halogens is 1. The van der Waals surface area contributed by atoms with E-state index in [9.17, 15) is 14.3 Å². The standard InChI is InChI=1S/C17H17FO4.C14H19NO.C2H6/c1-17(16(19)20,22-15-5-3-4-13(18)10-15)11-12-6-8-14(21-2)9-7-12;1-5-7-8-9-10-11(3)14-15-13(6-2)12(4)16-14;1-2/h3-10H,11H2,1-2H3,(H,19,20);5,8-10H,1,6-7H2,2-4H3;1-2H3/b;9-8?,11-10+;. The van der Waals surface area contributed by atoms with Crippen LogP contribution in [-0.2, 0) is 17.6 Å². The topological polar surface area (TPSA) is 81.8 Å². The number of carboxylic acids is 1. The number of aromatic nitrogens is 1. The van der Waals surface area contributed by atoms with Crippen LogP contribution in [0.3, 0.4) is 0 Å². The Bertz CT molecular complexity index is 1260. The molecule has 0 spiro atoms. The number of carbonyl (C=O) groups is 1. The van der Waals surface area contributed by atoms with Gasteiger partial charge in [-0.2, -0.15) is 0 Å². The van der Waals surface area contributed by atoms with Gasteiger partial charge < -0.3 is 19.0 Å². The van der Waals surface area contributed by atoms with E-state index in [-0.39, 0.29) is 12.2 Å². The molecule has 3 rings (SSSR count). The van der Waals surface area contributed by atoms with Gasteiger partial charge in [0.15, 0.2) is 0 Å². The third kappa shape index (κ3) is 10.9. The number of nitrogens with zero attached hydrogens (tertiary/aromatic N) is 1. The number of rotatable bonds is 11. The lowest BCUT2D eigenvalue weighted by atomic mass is 9.96. The quantitative estimate of drug-likeness (QED) is 0.190. The zero-order valence-corrected chi connectivity index (χ0v) is 24.7. The van der Waals surface area contributed by atoms with Gasteiger partial charge in [-0.3, -0.25) is 0 Å². The van der Waals surface area contributed by atoms with E-state index < -0.39 is 17.4 Å². The summed E-state index contributed by atoms with van der Waals surface area (Å²) in [5, 5.41) is 9.48. The molecule has 1 N–H and O–H groups in total. The predicted molar refractivity (Wildman–Crippen MR) is 159 cm³/mol. The van der Waals surface area contributed by atoms with Crippen LogP contribution >= 0.6 is 0 Å². The molecule has 2 aromatic carbocycles. The first-order chi connectivity index (χ1) is 19.1. The fourth-order valence-electron chi connectivity index (χ4n) is 3.46. The van der Waals surface area contributed by atoms with E-state index >= 15 is 0 Å². The Morgan fingerprint density at radius 2 is 1.85 bits per heavy atom. The fourth-order valence-corrected chi connectivity index (χ4v) is 3.46. The molecule has 6 nitrogen and oxygen atoms in total. The largest absolute Gasteiger partial charge is 0.497 e. The molecule has 0 amide bonds. The van der Waals surface area contributed by atoms with E-state index in [2.05, 4.69) is 18.5 Å². The Morgan fingerprint density at radius 3 is 2.38 bits per heavy atom. The number of carboxylic acid groups (broad SMARTS) is 1. The maximum atomic E-state index is 13.2. The molecule has 0 saturated carbocycles. The van der Waals surface area contributed by atoms with Crippen molar-refractivity contribution in [3.63, 3.8) is 0 Å². The van der Waals surface area contributed by atoms with Crippen LogP contribution in [0.5, 0.6) is 11.5 Å². The SMILES string of the molecule is C=CCC=C/C=C(\C)c1nc(CC)c(C)o1.CC.COc1ccc(CC(C)(Oc2cccc(F)c2)C(=O)O)cc1. The molecule has 3 aromatic rings. The number of oxazole rings is 1. The normalized spacial score (nSPS) is 12.3. The van der Waals surface area contributed by atoms with Gasteiger partial charge in [0.25, 0.3) is 0 Å². The maximum Gasteiger partial charge on any atom is 0.348 e. The summed E-state index contributed by atoms with van der Waals surface area (Å²) >= 11 is 0. The summed E-state index contributed by atoms with van der Waals surface area (Å²) in [5.74, 6) is 0.908. The van der Waals surface area contributed by atoms with Crippen LogP contribution in [0.25, 0.3) is 5.57 Å². The Morgan fingerprint density at radius 1 is 1.18 bits per heavy atom. The first kappa shape index (κ1) is 33.9. The van der Waals surface area contributed by atoms with Gasteiger partial charge in [0, 0.05) is 18.1 Å². The van der Waals surface area contributed by atoms with Crippen molar-refractivity contribution in [2.75, 3.05) is 7.11 Å². The average molecular weight is 552 g/mol. The third-order valence-electron chi connectivity index (χ3n) is 5.64. The highest BCUT2D eigenvalue weighted by Gasteiger charge is 2.36. The van der Waals surface area contributed by atoms with Crippen LogP contribution in [-0.4, -0.2) is 28.8 Å². The lowest BCUT2D eigenvalue weighted by molar-refractivity contribution is -0.153. The molecule has 216 valence electrons. The van der Waals surface area contributed by atoms with Crippen molar-refractivity contribution in [2.45, 2.75) is 66.4 Å². The molecule has 1 aromatic heterocycles. The summed E-state index contributed by atoms with van der Waals surface area (Å²) in [6, 6.07) is 12.5. The number of aryl methyl sites for hydroxylation is 2. The molecule has 1 unspecified atom stereocenters. The van der Waals surface area contributed by atoms with Crippen molar-refractivity contribution in [1.82, 2.24) is 4.98 Å². The molecule has 0 bridgehead atoms. The van der Waals surface area contributed by atoms with Crippen molar-refractivity contribution in [3.8, 4) is 11.5 Å². The molecular weight excluding hydrogens is 509 g/mol. The van der Waals surface area contributed by atoms with Crippen molar-refractivity contribution in [2.24, 2.45) is 0 Å². The van der Waals surface area contributed by atoms with Crippen molar-refractivity contribution >= 4 is 11.5 Å². The molecular formula is C33H42FNO5. The predicted octanol–water partition coefficient (Wildman–Crippen LogP) is 8.41. The maximum absolute atomic E-state index is 13.2. The summed E-state index contributed by atoms with van der Waals surface area (Å²) in [4.78, 5) is 16.0. The number of allylic oxidation sites excluding steroid dienone is 5. The highest BCUT2D eigenvalue weighted by atomic mass is 19.1. The van der Waals surface area contributed by atoms with Crippen molar-refractivity contribution < 1.29 is 28.2 Å². The summed E-state index contributed by atoms with van der Waals surface area (Å²) in [6.07, 6.45) is 9.86. The molecule has 7 heteroatoms. The smallest absolute Gasteiger partial charge is 0.348 e. The first-order valence-electron chi connectivity index (χ1n) is 13.3. The van der Waals surface area contributed by atoms with E-state index in [1.54, 1.807) is 31.4 Å². The Kier molecular flexibility index (Phi) is 14.8. The highest BCUT2D eigenvalue weighted by molar-refractivity contribution is 5.78. The number of benzene rings is 2. The van der Waals surface area contributed by atoms with E-state index in [0.29, 0.717) is 5.75 Å². The zero-order valence-electron chi connectivity index (χ0n) is 24.7. The molecule has 0 saturated heterocycles. The summed E-state index contributed by atoms with van der Waals surface area (Å²) in [5.41, 5.74) is 1.37. The second-order valence-electron chi connectivity index (χ2n) is 8.80. The Balaban J connectivity index is 0.000000394. The van der Waals surface area contributed by atoms with E-state index in [1.165, 1.54) is 25.1 Å². The summed E-state index contributed by atoms with van der Waals surface area (Å²) < 4.78 is 29.4. The van der Waals surface area contributed by atoms with Gasteiger partial charge in [-0.1, -0.05) is 63.3 Å². The summed E-state index contributed by atoms with van der Waals surface area (Å²) in [7, 11) is 1.56. The van der Waals surface area contributed by atoms with Crippen LogP contribution in [0.2, 0.25) is 0 Å². The second kappa shape index (κ2) is 17.5. The van der Waals surface area contributed by atoms with Gasteiger partial charge in [0.2, 0.25) is 11.5 Å². The van der Waals surface area contributed by atoms with Gasteiger partial charge in [-0.25, -0.2) is 14.2 Å². The van der Waals surface area contributed by atoms with Gasteiger partial charge in [0.1, 0.15) is 23.1 Å². The Labute approximate surface area is 237 Å². The molecule has 0 aliphatic rings. The van der Waals surface area contributed by atoms with Gasteiger partial charge >= 0.3 is 5.97 Å². The number of hydrogen-bond acceptors (Lipinski definition) is 5. The summed E-state index contributed by atoms with van der Waals surface area (Å²) in [6.45, 7) is 15.2. The van der Waals surface area contributed by atoms with Crippen molar-refractivity contribution in [3.05, 3.63) is 108 Å². The lowest BCUT2D eigenvalue weighted by Crippen LogP contribution is -2.43. The van der Waals surface area contributed by atoms with Crippen LogP contribution in [0.15, 0.2) is 83.8 Å². The van der Waals surface area contributed by atoms with Crippen LogP contribution in [0, 0.1) is 12.7 Å². The average Bonchev–Trinajstić information content (AvgIpc) is 3.33. The van der Waals surface area contributed by atoms with Crippen LogP contribution < -0.4 is 9.47 Å². The number of aliphatic carboxylic acids is 1. The fraction of sp³-hybridized carbons (Fsp3) is 0.333. The van der Waals surface area contributed by atoms with Gasteiger partial charge in [-0.15, -0.1) is 6.58 Å². The first-order valence-corrected chi connectivity index (χ1v) is 13.3. The molecule has 1 heterocycles.